The van der Waals surface area contributed by atoms with Crippen molar-refractivity contribution < 1.29 is 4.74 Å². The lowest BCUT2D eigenvalue weighted by Crippen LogP contribution is -2.03. The average Bonchev–Trinajstić information content (AvgIpc) is 2.40. The van der Waals surface area contributed by atoms with Crippen LogP contribution in [0.15, 0.2) is 28.7 Å². The lowest BCUT2D eigenvalue weighted by molar-refractivity contribution is 0.398. The number of nitrogens with zero attached hydrogens (tertiary/aromatic N) is 2. The van der Waals surface area contributed by atoms with Crippen molar-refractivity contribution in [1.29, 1.82) is 0 Å². The summed E-state index contributed by atoms with van der Waals surface area (Å²) >= 11 is 3.46. The van der Waals surface area contributed by atoms with Gasteiger partial charge in [0.25, 0.3) is 0 Å². The SMILES string of the molecule is CCc1cc(Br)ccc1Nc1cc(OC)nc(N)n1. The van der Waals surface area contributed by atoms with Crippen molar-refractivity contribution in [2.24, 2.45) is 0 Å². The highest BCUT2D eigenvalue weighted by molar-refractivity contribution is 9.10. The van der Waals surface area contributed by atoms with Crippen LogP contribution in [0.4, 0.5) is 17.5 Å². The first-order valence-corrected chi connectivity index (χ1v) is 6.65. The van der Waals surface area contributed by atoms with Crippen molar-refractivity contribution in [1.82, 2.24) is 9.97 Å². The molecule has 1 heterocycles. The van der Waals surface area contributed by atoms with E-state index in [2.05, 4.69) is 44.2 Å². The van der Waals surface area contributed by atoms with E-state index in [1.807, 2.05) is 12.1 Å². The Labute approximate surface area is 120 Å². The fraction of sp³-hybridized carbons (Fsp3) is 0.231. The van der Waals surface area contributed by atoms with Gasteiger partial charge in [0.05, 0.1) is 7.11 Å². The van der Waals surface area contributed by atoms with Gasteiger partial charge in [0.15, 0.2) is 0 Å². The Morgan fingerprint density at radius 2 is 2.11 bits per heavy atom. The molecule has 0 atom stereocenters. The van der Waals surface area contributed by atoms with Crippen molar-refractivity contribution in [3.8, 4) is 5.88 Å². The van der Waals surface area contributed by atoms with Gasteiger partial charge in [-0.05, 0) is 30.2 Å². The molecule has 0 bridgehead atoms. The minimum atomic E-state index is 0.178. The summed E-state index contributed by atoms with van der Waals surface area (Å²) in [5.74, 6) is 1.23. The van der Waals surface area contributed by atoms with Crippen LogP contribution in [-0.2, 0) is 6.42 Å². The largest absolute Gasteiger partial charge is 0.481 e. The van der Waals surface area contributed by atoms with Crippen molar-refractivity contribution in [3.63, 3.8) is 0 Å². The molecule has 0 aliphatic rings. The smallest absolute Gasteiger partial charge is 0.225 e. The number of nitrogens with one attached hydrogen (secondary N) is 1. The van der Waals surface area contributed by atoms with Crippen molar-refractivity contribution >= 4 is 33.4 Å². The number of benzene rings is 1. The number of rotatable bonds is 4. The minimum absolute atomic E-state index is 0.178. The van der Waals surface area contributed by atoms with E-state index in [1.54, 1.807) is 13.2 Å². The van der Waals surface area contributed by atoms with E-state index < -0.39 is 0 Å². The van der Waals surface area contributed by atoms with E-state index >= 15 is 0 Å². The summed E-state index contributed by atoms with van der Waals surface area (Å²) in [5.41, 5.74) is 7.81. The molecule has 2 aromatic rings. The van der Waals surface area contributed by atoms with E-state index in [0.29, 0.717) is 11.7 Å². The standard InChI is InChI=1S/C13H15BrN4O/c1-3-8-6-9(14)4-5-10(8)16-11-7-12(19-2)18-13(15)17-11/h4-7H,3H2,1-2H3,(H3,15,16,17,18). The number of anilines is 3. The molecule has 0 saturated heterocycles. The van der Waals surface area contributed by atoms with Gasteiger partial charge in [-0.25, -0.2) is 0 Å². The topological polar surface area (TPSA) is 73.1 Å². The normalized spacial score (nSPS) is 10.3. The number of aryl methyl sites for hydroxylation is 1. The fourth-order valence-electron chi connectivity index (χ4n) is 1.73. The monoisotopic (exact) mass is 322 g/mol. The molecule has 0 amide bonds. The maximum absolute atomic E-state index is 5.63. The molecule has 0 aliphatic heterocycles. The molecule has 0 spiro atoms. The van der Waals surface area contributed by atoms with Crippen LogP contribution in [0.5, 0.6) is 5.88 Å². The summed E-state index contributed by atoms with van der Waals surface area (Å²) in [4.78, 5) is 8.09. The van der Waals surface area contributed by atoms with Crippen LogP contribution in [0.25, 0.3) is 0 Å². The first-order chi connectivity index (χ1) is 9.12. The zero-order chi connectivity index (χ0) is 13.8. The van der Waals surface area contributed by atoms with Crippen LogP contribution in [-0.4, -0.2) is 17.1 Å². The van der Waals surface area contributed by atoms with Gasteiger partial charge < -0.3 is 15.8 Å². The molecular weight excluding hydrogens is 308 g/mol. The summed E-state index contributed by atoms with van der Waals surface area (Å²) in [7, 11) is 1.54. The lowest BCUT2D eigenvalue weighted by atomic mass is 10.1. The molecule has 0 aliphatic carbocycles. The van der Waals surface area contributed by atoms with Gasteiger partial charge >= 0.3 is 0 Å². The quantitative estimate of drug-likeness (QED) is 0.904. The highest BCUT2D eigenvalue weighted by Crippen LogP contribution is 2.25. The fourth-order valence-corrected chi connectivity index (χ4v) is 2.13. The van der Waals surface area contributed by atoms with E-state index in [-0.39, 0.29) is 5.95 Å². The highest BCUT2D eigenvalue weighted by atomic mass is 79.9. The third-order valence-corrected chi connectivity index (χ3v) is 3.13. The zero-order valence-corrected chi connectivity index (χ0v) is 12.4. The predicted octanol–water partition coefficient (Wildman–Crippen LogP) is 3.14. The van der Waals surface area contributed by atoms with Crippen LogP contribution in [0.2, 0.25) is 0 Å². The highest BCUT2D eigenvalue weighted by Gasteiger charge is 2.06. The van der Waals surface area contributed by atoms with E-state index in [1.165, 1.54) is 5.56 Å². The molecular formula is C13H15BrN4O. The van der Waals surface area contributed by atoms with Crippen molar-refractivity contribution in [2.45, 2.75) is 13.3 Å². The predicted molar refractivity (Wildman–Crippen MR) is 79.8 cm³/mol. The number of aromatic nitrogens is 2. The molecule has 5 nitrogen and oxygen atoms in total. The van der Waals surface area contributed by atoms with Crippen LogP contribution in [0.1, 0.15) is 12.5 Å². The Balaban J connectivity index is 2.33. The Morgan fingerprint density at radius 3 is 2.79 bits per heavy atom. The molecule has 2 rings (SSSR count). The Kier molecular flexibility index (Phi) is 4.21. The molecule has 1 aromatic carbocycles. The van der Waals surface area contributed by atoms with E-state index in [4.69, 9.17) is 10.5 Å². The Bertz CT molecular complexity index is 589. The summed E-state index contributed by atoms with van der Waals surface area (Å²) in [5, 5.41) is 3.23. The van der Waals surface area contributed by atoms with Crippen molar-refractivity contribution in [2.75, 3.05) is 18.2 Å². The molecule has 0 radical (unpaired) electrons. The molecule has 6 heteroatoms. The first kappa shape index (κ1) is 13.6. The summed E-state index contributed by atoms with van der Waals surface area (Å²) in [6.07, 6.45) is 0.916. The maximum atomic E-state index is 5.63. The van der Waals surface area contributed by atoms with Crippen LogP contribution < -0.4 is 15.8 Å². The van der Waals surface area contributed by atoms with Gasteiger partial charge in [-0.15, -0.1) is 0 Å². The molecule has 3 N–H and O–H groups in total. The first-order valence-electron chi connectivity index (χ1n) is 5.86. The number of hydrogen-bond acceptors (Lipinski definition) is 5. The second kappa shape index (κ2) is 5.88. The van der Waals surface area contributed by atoms with Gasteiger partial charge in [0, 0.05) is 16.2 Å². The van der Waals surface area contributed by atoms with Crippen LogP contribution in [0, 0.1) is 0 Å². The van der Waals surface area contributed by atoms with Gasteiger partial charge in [-0.1, -0.05) is 22.9 Å². The number of nitrogens with two attached hydrogens (primary N) is 1. The van der Waals surface area contributed by atoms with Gasteiger partial charge in [0.1, 0.15) is 5.82 Å². The third kappa shape index (κ3) is 3.35. The molecule has 0 unspecified atom stereocenters. The van der Waals surface area contributed by atoms with E-state index in [9.17, 15) is 0 Å². The van der Waals surface area contributed by atoms with Crippen LogP contribution in [0.3, 0.4) is 0 Å². The number of halogens is 1. The number of ether oxygens (including phenoxy) is 1. The second-order valence-electron chi connectivity index (χ2n) is 3.93. The molecule has 0 fully saturated rings. The second-order valence-corrected chi connectivity index (χ2v) is 4.85. The zero-order valence-electron chi connectivity index (χ0n) is 10.8. The van der Waals surface area contributed by atoms with Crippen LogP contribution >= 0.6 is 15.9 Å². The number of hydrogen-bond donors (Lipinski definition) is 2. The number of methoxy groups -OCH3 is 1. The molecule has 1 aromatic heterocycles. The van der Waals surface area contributed by atoms with Gasteiger partial charge in [0.2, 0.25) is 11.8 Å². The minimum Gasteiger partial charge on any atom is -0.481 e. The molecule has 19 heavy (non-hydrogen) atoms. The summed E-state index contributed by atoms with van der Waals surface area (Å²) < 4.78 is 6.12. The molecule has 100 valence electrons. The lowest BCUT2D eigenvalue weighted by Gasteiger charge is -2.11. The average molecular weight is 323 g/mol. The van der Waals surface area contributed by atoms with E-state index in [0.717, 1.165) is 16.6 Å². The Morgan fingerprint density at radius 1 is 1.32 bits per heavy atom. The molecule has 0 saturated carbocycles. The van der Waals surface area contributed by atoms with Gasteiger partial charge in [-0.2, -0.15) is 9.97 Å². The number of nitrogen functional groups attached to an aromatic ring is 1. The van der Waals surface area contributed by atoms with Gasteiger partial charge in [-0.3, -0.25) is 0 Å². The summed E-state index contributed by atoms with van der Waals surface area (Å²) in [6, 6.07) is 7.75. The van der Waals surface area contributed by atoms with Crippen molar-refractivity contribution in [3.05, 3.63) is 34.3 Å². The Hall–Kier alpha value is -1.82. The summed E-state index contributed by atoms with van der Waals surface area (Å²) in [6.45, 7) is 2.10. The third-order valence-electron chi connectivity index (χ3n) is 2.64. The maximum Gasteiger partial charge on any atom is 0.225 e.